The molecule has 2 atom stereocenters. The van der Waals surface area contributed by atoms with Gasteiger partial charge in [-0.2, -0.15) is 5.01 Å². The van der Waals surface area contributed by atoms with E-state index in [0.717, 1.165) is 17.7 Å². The van der Waals surface area contributed by atoms with E-state index in [1.807, 2.05) is 44.2 Å². The molecular weight excluding hydrogens is 492 g/mol. The van der Waals surface area contributed by atoms with Gasteiger partial charge in [0.1, 0.15) is 23.8 Å². The fourth-order valence-electron chi connectivity index (χ4n) is 4.96. The maximum absolute atomic E-state index is 14.5. The van der Waals surface area contributed by atoms with E-state index in [1.165, 1.54) is 25.9 Å². The van der Waals surface area contributed by atoms with Crippen LogP contribution in [0.15, 0.2) is 48.5 Å². The van der Waals surface area contributed by atoms with E-state index in [4.69, 9.17) is 6.42 Å². The molecule has 10 heteroatoms. The lowest BCUT2D eigenvalue weighted by atomic mass is 9.96. The van der Waals surface area contributed by atoms with Crippen LogP contribution in [0.5, 0.6) is 0 Å². The molecule has 0 radical (unpaired) electrons. The number of urea groups is 1. The Hall–Kier alpha value is -3.97. The normalized spacial score (nSPS) is 19.9. The van der Waals surface area contributed by atoms with Crippen molar-refractivity contribution in [3.05, 3.63) is 71.3 Å². The average molecular weight is 524 g/mol. The summed E-state index contributed by atoms with van der Waals surface area (Å²) in [6, 6.07) is 11.2. The zero-order chi connectivity index (χ0) is 27.4. The van der Waals surface area contributed by atoms with Crippen LogP contribution in [-0.2, 0) is 22.7 Å². The molecule has 2 fully saturated rings. The molecule has 2 aromatic carbocycles. The van der Waals surface area contributed by atoms with Crippen LogP contribution in [0, 0.1) is 29.9 Å². The Bertz CT molecular complexity index is 1230. The molecule has 0 saturated carbocycles. The van der Waals surface area contributed by atoms with Gasteiger partial charge in [-0.3, -0.25) is 9.59 Å². The van der Waals surface area contributed by atoms with Gasteiger partial charge in [0.15, 0.2) is 0 Å². The van der Waals surface area contributed by atoms with E-state index >= 15 is 0 Å². The van der Waals surface area contributed by atoms with Crippen molar-refractivity contribution >= 4 is 17.8 Å². The van der Waals surface area contributed by atoms with Crippen molar-refractivity contribution in [2.45, 2.75) is 45.6 Å². The molecule has 0 bridgehead atoms. The van der Waals surface area contributed by atoms with Crippen LogP contribution in [0.3, 0.4) is 0 Å². The highest BCUT2D eigenvalue weighted by Gasteiger charge is 2.51. The van der Waals surface area contributed by atoms with Crippen LogP contribution in [0.1, 0.15) is 31.4 Å². The minimum atomic E-state index is -0.856. The summed E-state index contributed by atoms with van der Waals surface area (Å²) < 4.78 is 28.0. The topological polar surface area (TPSA) is 76.2 Å². The van der Waals surface area contributed by atoms with Crippen LogP contribution >= 0.6 is 0 Å². The molecule has 2 aromatic rings. The highest BCUT2D eigenvalue weighted by Crippen LogP contribution is 2.30. The minimum absolute atomic E-state index is 0.00419. The van der Waals surface area contributed by atoms with E-state index in [1.54, 1.807) is 0 Å². The molecule has 1 N–H and O–H groups in total. The van der Waals surface area contributed by atoms with Crippen LogP contribution in [-0.4, -0.2) is 69.5 Å². The van der Waals surface area contributed by atoms with E-state index in [9.17, 15) is 23.2 Å². The number of nitrogens with zero attached hydrogens (tertiary/aromatic N) is 4. The van der Waals surface area contributed by atoms with E-state index in [2.05, 4.69) is 11.2 Å². The van der Waals surface area contributed by atoms with E-state index in [-0.39, 0.29) is 56.0 Å². The summed E-state index contributed by atoms with van der Waals surface area (Å²) in [5.74, 6) is 0.404. The molecule has 8 nitrogen and oxygen atoms in total. The molecule has 0 aromatic heterocycles. The van der Waals surface area contributed by atoms with Crippen molar-refractivity contribution < 1.29 is 23.2 Å². The van der Waals surface area contributed by atoms with Crippen LogP contribution in [0.25, 0.3) is 0 Å². The number of nitrogens with one attached hydrogen (secondary N) is 1. The number of hydrogen-bond donors (Lipinski definition) is 1. The summed E-state index contributed by atoms with van der Waals surface area (Å²) in [5.41, 5.74) is 1.03. The first-order chi connectivity index (χ1) is 18.2. The molecule has 2 aliphatic rings. The predicted octanol–water partition coefficient (Wildman–Crippen LogP) is 2.95. The maximum Gasteiger partial charge on any atom is 0.334 e. The van der Waals surface area contributed by atoms with Crippen molar-refractivity contribution in [1.29, 1.82) is 0 Å². The first-order valence-electron chi connectivity index (χ1n) is 12.5. The maximum atomic E-state index is 14.5. The van der Waals surface area contributed by atoms with Gasteiger partial charge >= 0.3 is 6.03 Å². The van der Waals surface area contributed by atoms with Crippen molar-refractivity contribution in [3.63, 3.8) is 0 Å². The summed E-state index contributed by atoms with van der Waals surface area (Å²) in [5, 5.41) is 5.77. The summed E-state index contributed by atoms with van der Waals surface area (Å²) in [6.45, 7) is 3.77. The zero-order valence-electron chi connectivity index (χ0n) is 21.4. The molecule has 0 spiro atoms. The van der Waals surface area contributed by atoms with E-state index < -0.39 is 29.9 Å². The Kier molecular flexibility index (Phi) is 8.27. The largest absolute Gasteiger partial charge is 0.334 e. The van der Waals surface area contributed by atoms with Gasteiger partial charge in [0.2, 0.25) is 11.8 Å². The Morgan fingerprint density at radius 3 is 2.55 bits per heavy atom. The fourth-order valence-corrected chi connectivity index (χ4v) is 4.96. The number of carbonyl (C=O) groups excluding carboxylic acids is 3. The number of benzene rings is 2. The highest BCUT2D eigenvalue weighted by molar-refractivity contribution is 5.91. The number of hydrogen-bond acceptors (Lipinski definition) is 4. The smallest absolute Gasteiger partial charge is 0.333 e. The number of carbonyl (C=O) groups is 3. The van der Waals surface area contributed by atoms with E-state index in [0.29, 0.717) is 6.42 Å². The Morgan fingerprint density at radius 2 is 1.89 bits per heavy atom. The third-order valence-electron chi connectivity index (χ3n) is 6.67. The molecule has 2 saturated heterocycles. The number of piperazine rings is 1. The number of rotatable bonds is 7. The lowest BCUT2D eigenvalue weighted by molar-refractivity contribution is -0.190. The van der Waals surface area contributed by atoms with Crippen LogP contribution < -0.4 is 5.32 Å². The number of amides is 4. The van der Waals surface area contributed by atoms with Gasteiger partial charge in [0.05, 0.1) is 19.6 Å². The summed E-state index contributed by atoms with van der Waals surface area (Å²) in [6.07, 6.45) is 5.07. The first kappa shape index (κ1) is 27.1. The summed E-state index contributed by atoms with van der Waals surface area (Å²) >= 11 is 0. The molecule has 200 valence electrons. The molecule has 2 aliphatic heterocycles. The van der Waals surface area contributed by atoms with Crippen LogP contribution in [0.4, 0.5) is 13.6 Å². The van der Waals surface area contributed by atoms with Gasteiger partial charge in [-0.05, 0) is 24.0 Å². The third-order valence-corrected chi connectivity index (χ3v) is 6.67. The summed E-state index contributed by atoms with van der Waals surface area (Å²) in [7, 11) is 0. The molecule has 4 amide bonds. The molecule has 0 aliphatic carbocycles. The number of terminal acetylenes is 1. The van der Waals surface area contributed by atoms with Gasteiger partial charge in [-0.15, -0.1) is 6.42 Å². The second-order valence-corrected chi connectivity index (χ2v) is 9.90. The van der Waals surface area contributed by atoms with Gasteiger partial charge in [0.25, 0.3) is 0 Å². The number of fused-ring (bicyclic) bond motifs is 1. The summed E-state index contributed by atoms with van der Waals surface area (Å²) in [4.78, 5) is 43.4. The number of halogens is 2. The average Bonchev–Trinajstić information content (AvgIpc) is 2.87. The van der Waals surface area contributed by atoms with Crippen molar-refractivity contribution in [1.82, 2.24) is 25.1 Å². The number of hydrazine groups is 1. The lowest BCUT2D eigenvalue weighted by Crippen LogP contribution is -2.76. The van der Waals surface area contributed by atoms with Crippen molar-refractivity contribution in [3.8, 4) is 12.3 Å². The molecular formula is C28H31F2N5O3. The highest BCUT2D eigenvalue weighted by atomic mass is 19.1. The predicted molar refractivity (Wildman–Crippen MR) is 137 cm³/mol. The van der Waals surface area contributed by atoms with Crippen LogP contribution in [0.2, 0.25) is 0 Å². The molecule has 0 unspecified atom stereocenters. The molecule has 38 heavy (non-hydrogen) atoms. The molecule has 4 rings (SSSR count). The quantitative estimate of drug-likeness (QED) is 0.567. The Morgan fingerprint density at radius 1 is 1.16 bits per heavy atom. The van der Waals surface area contributed by atoms with Gasteiger partial charge < -0.3 is 15.1 Å². The standard InChI is InChI=1S/C28H31F2N5O3/c1-4-12-33-18-26(36)34-24(13-19(2)3)27(37)32(16-21-10-11-22(29)14-23(21)30)17-25(34)35(33)28(38)31-15-20-8-6-5-7-9-20/h1,5-11,14,19,24-25H,12-13,15-18H2,2-3H3,(H,31,38)/t24-,25-/m0/s1. The van der Waals surface area contributed by atoms with Gasteiger partial charge in [-0.1, -0.05) is 56.2 Å². The van der Waals surface area contributed by atoms with Gasteiger partial charge in [-0.25, -0.2) is 18.6 Å². The Balaban J connectivity index is 1.67. The SMILES string of the molecule is C#CCN1CC(=O)N2[C@@H](CC(C)C)C(=O)N(Cc3ccc(F)cc3F)C[C@@H]2N1C(=O)NCc1ccccc1. The zero-order valence-corrected chi connectivity index (χ0v) is 21.4. The van der Waals surface area contributed by atoms with Gasteiger partial charge in [0, 0.05) is 24.7 Å². The monoisotopic (exact) mass is 523 g/mol. The lowest BCUT2D eigenvalue weighted by Gasteiger charge is -2.55. The molecule has 2 heterocycles. The fraction of sp³-hybridized carbons (Fsp3) is 0.393. The minimum Gasteiger partial charge on any atom is -0.333 e. The van der Waals surface area contributed by atoms with Crippen molar-refractivity contribution in [2.24, 2.45) is 5.92 Å². The second kappa shape index (κ2) is 11.6. The third kappa shape index (κ3) is 5.78. The second-order valence-electron chi connectivity index (χ2n) is 9.90. The first-order valence-corrected chi connectivity index (χ1v) is 12.5. The van der Waals surface area contributed by atoms with Crippen molar-refractivity contribution in [2.75, 3.05) is 19.6 Å². The Labute approximate surface area is 221 Å².